The van der Waals surface area contributed by atoms with Crippen molar-refractivity contribution in [3.63, 3.8) is 0 Å². The van der Waals surface area contributed by atoms with E-state index in [0.29, 0.717) is 26.2 Å². The fourth-order valence-electron chi connectivity index (χ4n) is 4.43. The molecule has 1 spiro atoms. The van der Waals surface area contributed by atoms with Crippen LogP contribution in [0.15, 0.2) is 12.7 Å². The molecule has 0 radical (unpaired) electrons. The van der Waals surface area contributed by atoms with Gasteiger partial charge in [0.2, 0.25) is 11.8 Å². The normalized spacial score (nSPS) is 29.7. The summed E-state index contributed by atoms with van der Waals surface area (Å²) < 4.78 is 5.40. The average Bonchev–Trinajstić information content (AvgIpc) is 2.79. The third-order valence-corrected chi connectivity index (χ3v) is 6.24. The van der Waals surface area contributed by atoms with Crippen LogP contribution in [-0.2, 0) is 14.3 Å². The summed E-state index contributed by atoms with van der Waals surface area (Å²) in [5.74, 6) is 0.603. The third kappa shape index (κ3) is 3.90. The Morgan fingerprint density at radius 2 is 2.04 bits per heavy atom. The van der Waals surface area contributed by atoms with Crippen molar-refractivity contribution in [2.24, 2.45) is 5.92 Å². The van der Waals surface area contributed by atoms with E-state index in [0.717, 1.165) is 51.9 Å². The predicted octanol–water partition coefficient (Wildman–Crippen LogP) is 1.12. The lowest BCUT2D eigenvalue weighted by atomic mass is 9.85. The fourth-order valence-corrected chi connectivity index (χ4v) is 4.43. The summed E-state index contributed by atoms with van der Waals surface area (Å²) >= 11 is 0. The molecule has 0 bridgehead atoms. The zero-order chi connectivity index (χ0) is 17.9. The van der Waals surface area contributed by atoms with Gasteiger partial charge in [0.15, 0.2) is 0 Å². The van der Waals surface area contributed by atoms with Crippen molar-refractivity contribution in [1.29, 1.82) is 0 Å². The van der Waals surface area contributed by atoms with Gasteiger partial charge >= 0.3 is 0 Å². The van der Waals surface area contributed by atoms with E-state index in [-0.39, 0.29) is 23.3 Å². The lowest BCUT2D eigenvalue weighted by Crippen LogP contribution is -2.63. The van der Waals surface area contributed by atoms with Crippen molar-refractivity contribution < 1.29 is 14.3 Å². The van der Waals surface area contributed by atoms with Crippen LogP contribution in [0.1, 0.15) is 32.1 Å². The standard InChI is InChI=1S/C19H31N3O3/c1-3-9-21-10-8-19(7-4-17(21)23)15-22(12-11-20(19)2)18(24)16-5-13-25-14-6-16/h3,16H,1,4-15H2,2H3. The molecule has 3 rings (SSSR count). The van der Waals surface area contributed by atoms with Crippen LogP contribution in [-0.4, -0.2) is 85.0 Å². The molecular formula is C19H31N3O3. The summed E-state index contributed by atoms with van der Waals surface area (Å²) in [5.41, 5.74) is -0.0787. The van der Waals surface area contributed by atoms with Gasteiger partial charge in [0.05, 0.1) is 0 Å². The molecule has 0 aliphatic carbocycles. The number of carbonyl (C=O) groups excluding carboxylic acids is 2. The van der Waals surface area contributed by atoms with Gasteiger partial charge in [-0.1, -0.05) is 6.08 Å². The molecule has 0 N–H and O–H groups in total. The molecule has 3 fully saturated rings. The highest BCUT2D eigenvalue weighted by Crippen LogP contribution is 2.33. The largest absolute Gasteiger partial charge is 0.381 e. The second-order valence-electron chi connectivity index (χ2n) is 7.67. The summed E-state index contributed by atoms with van der Waals surface area (Å²) in [6.45, 7) is 8.92. The van der Waals surface area contributed by atoms with E-state index < -0.39 is 0 Å². The molecule has 1 atom stereocenters. The molecule has 0 aromatic heterocycles. The van der Waals surface area contributed by atoms with E-state index >= 15 is 0 Å². The van der Waals surface area contributed by atoms with Crippen molar-refractivity contribution in [2.75, 3.05) is 53.0 Å². The minimum absolute atomic E-state index is 0.0787. The second kappa shape index (κ2) is 7.87. The highest BCUT2D eigenvalue weighted by atomic mass is 16.5. The van der Waals surface area contributed by atoms with Crippen LogP contribution in [0, 0.1) is 5.92 Å². The minimum Gasteiger partial charge on any atom is -0.381 e. The highest BCUT2D eigenvalue weighted by molar-refractivity contribution is 5.79. The smallest absolute Gasteiger partial charge is 0.225 e. The van der Waals surface area contributed by atoms with Crippen LogP contribution in [0.2, 0.25) is 0 Å². The van der Waals surface area contributed by atoms with Crippen LogP contribution < -0.4 is 0 Å². The number of piperazine rings is 1. The summed E-state index contributed by atoms with van der Waals surface area (Å²) in [4.78, 5) is 31.7. The molecule has 0 saturated carbocycles. The van der Waals surface area contributed by atoms with Crippen molar-refractivity contribution in [3.8, 4) is 0 Å². The topological polar surface area (TPSA) is 53.1 Å². The number of ether oxygens (including phenoxy) is 1. The molecule has 25 heavy (non-hydrogen) atoms. The zero-order valence-electron chi connectivity index (χ0n) is 15.4. The van der Waals surface area contributed by atoms with E-state index in [4.69, 9.17) is 4.74 Å². The first-order valence-electron chi connectivity index (χ1n) is 9.52. The molecular weight excluding hydrogens is 318 g/mol. The lowest BCUT2D eigenvalue weighted by Gasteiger charge is -2.50. The van der Waals surface area contributed by atoms with Gasteiger partial charge in [0.25, 0.3) is 0 Å². The number of nitrogens with zero attached hydrogens (tertiary/aromatic N) is 3. The SMILES string of the molecule is C=CCN1CCC2(CCC1=O)CN(C(=O)C1CCOCC1)CCN2C. The van der Waals surface area contributed by atoms with E-state index in [1.54, 1.807) is 6.08 Å². The Balaban J connectivity index is 1.70. The third-order valence-electron chi connectivity index (χ3n) is 6.24. The Morgan fingerprint density at radius 3 is 2.76 bits per heavy atom. The van der Waals surface area contributed by atoms with Gasteiger partial charge in [-0.25, -0.2) is 0 Å². The molecule has 3 heterocycles. The molecule has 140 valence electrons. The van der Waals surface area contributed by atoms with Gasteiger partial charge in [-0.05, 0) is 32.7 Å². The van der Waals surface area contributed by atoms with Crippen molar-refractivity contribution >= 4 is 11.8 Å². The van der Waals surface area contributed by atoms with E-state index in [1.165, 1.54) is 0 Å². The monoisotopic (exact) mass is 349 g/mol. The first-order valence-corrected chi connectivity index (χ1v) is 9.52. The van der Waals surface area contributed by atoms with Crippen LogP contribution in [0.25, 0.3) is 0 Å². The van der Waals surface area contributed by atoms with Crippen molar-refractivity contribution in [2.45, 2.75) is 37.6 Å². The van der Waals surface area contributed by atoms with E-state index in [1.807, 2.05) is 4.90 Å². The number of hydrogen-bond donors (Lipinski definition) is 0. The van der Waals surface area contributed by atoms with Gasteiger partial charge in [-0.3, -0.25) is 14.5 Å². The van der Waals surface area contributed by atoms with E-state index in [9.17, 15) is 9.59 Å². The maximum Gasteiger partial charge on any atom is 0.225 e. The molecule has 0 aromatic carbocycles. The molecule has 2 amide bonds. The number of likely N-dealkylation sites (tertiary alicyclic amines) is 1. The Morgan fingerprint density at radius 1 is 1.28 bits per heavy atom. The van der Waals surface area contributed by atoms with Gasteiger partial charge < -0.3 is 14.5 Å². The molecule has 3 aliphatic rings. The molecule has 3 saturated heterocycles. The van der Waals surface area contributed by atoms with E-state index in [2.05, 4.69) is 23.4 Å². The Hall–Kier alpha value is -1.40. The van der Waals surface area contributed by atoms with Crippen LogP contribution >= 0.6 is 0 Å². The lowest BCUT2D eigenvalue weighted by molar-refractivity contribution is -0.144. The van der Waals surface area contributed by atoms with Crippen LogP contribution in [0.4, 0.5) is 0 Å². The summed E-state index contributed by atoms with van der Waals surface area (Å²) in [6.07, 6.45) is 5.76. The molecule has 6 heteroatoms. The first kappa shape index (κ1) is 18.4. The summed E-state index contributed by atoms with van der Waals surface area (Å²) in [6, 6.07) is 0. The Labute approximate surface area is 150 Å². The van der Waals surface area contributed by atoms with Gasteiger partial charge in [0.1, 0.15) is 0 Å². The maximum atomic E-state index is 13.0. The number of likely N-dealkylation sites (N-methyl/N-ethyl adjacent to an activating group) is 1. The summed E-state index contributed by atoms with van der Waals surface area (Å²) in [7, 11) is 2.14. The molecule has 3 aliphatic heterocycles. The first-order chi connectivity index (χ1) is 12.1. The zero-order valence-corrected chi connectivity index (χ0v) is 15.4. The minimum atomic E-state index is -0.0787. The molecule has 0 aromatic rings. The quantitative estimate of drug-likeness (QED) is 0.717. The molecule has 1 unspecified atom stereocenters. The van der Waals surface area contributed by atoms with Gasteiger partial charge in [-0.2, -0.15) is 0 Å². The number of amides is 2. The number of carbonyl (C=O) groups is 2. The fraction of sp³-hybridized carbons (Fsp3) is 0.789. The maximum absolute atomic E-state index is 13.0. The van der Waals surface area contributed by atoms with Crippen LogP contribution in [0.3, 0.4) is 0 Å². The summed E-state index contributed by atoms with van der Waals surface area (Å²) in [5, 5.41) is 0. The van der Waals surface area contributed by atoms with Crippen molar-refractivity contribution in [1.82, 2.24) is 14.7 Å². The van der Waals surface area contributed by atoms with Gasteiger partial charge in [-0.15, -0.1) is 6.58 Å². The second-order valence-corrected chi connectivity index (χ2v) is 7.67. The highest BCUT2D eigenvalue weighted by Gasteiger charge is 2.44. The number of hydrogen-bond acceptors (Lipinski definition) is 4. The average molecular weight is 349 g/mol. The molecule has 6 nitrogen and oxygen atoms in total. The van der Waals surface area contributed by atoms with Crippen LogP contribution in [0.5, 0.6) is 0 Å². The van der Waals surface area contributed by atoms with Gasteiger partial charge in [0, 0.05) is 63.8 Å². The number of rotatable bonds is 3. The van der Waals surface area contributed by atoms with Crippen molar-refractivity contribution in [3.05, 3.63) is 12.7 Å². The Bertz CT molecular complexity index is 518. The predicted molar refractivity (Wildman–Crippen MR) is 96.1 cm³/mol. The Kier molecular flexibility index (Phi) is 5.79.